The van der Waals surface area contributed by atoms with E-state index in [-0.39, 0.29) is 11.8 Å². The molecule has 0 amide bonds. The number of benzene rings is 1. The third kappa shape index (κ3) is 4.50. The second-order valence-corrected chi connectivity index (χ2v) is 6.78. The van der Waals surface area contributed by atoms with Crippen LogP contribution < -0.4 is 27.4 Å². The monoisotopic (exact) mass is 396 g/mol. The SMILES string of the molecule is CCCCCNc1nc(N)nc2ccn(Cc3cc(/C(N)=N/N)ccc3OC)c12. The van der Waals surface area contributed by atoms with Crippen molar-refractivity contribution in [3.63, 3.8) is 0 Å². The molecule has 154 valence electrons. The summed E-state index contributed by atoms with van der Waals surface area (Å²) in [5.41, 5.74) is 15.1. The van der Waals surface area contributed by atoms with Crippen molar-refractivity contribution in [1.29, 1.82) is 0 Å². The average molecular weight is 396 g/mol. The molecule has 29 heavy (non-hydrogen) atoms. The van der Waals surface area contributed by atoms with Crippen molar-refractivity contribution in [2.75, 3.05) is 24.7 Å². The van der Waals surface area contributed by atoms with Crippen LogP contribution in [-0.2, 0) is 6.54 Å². The number of nitrogens with two attached hydrogens (primary N) is 3. The number of nitrogen functional groups attached to an aromatic ring is 1. The normalized spacial score (nSPS) is 11.7. The van der Waals surface area contributed by atoms with Gasteiger partial charge in [0.1, 0.15) is 17.1 Å². The van der Waals surface area contributed by atoms with Crippen molar-refractivity contribution in [1.82, 2.24) is 14.5 Å². The lowest BCUT2D eigenvalue weighted by atomic mass is 10.1. The Kier molecular flexibility index (Phi) is 6.38. The molecule has 0 aliphatic heterocycles. The van der Waals surface area contributed by atoms with E-state index < -0.39 is 0 Å². The summed E-state index contributed by atoms with van der Waals surface area (Å²) in [6.45, 7) is 3.54. The smallest absolute Gasteiger partial charge is 0.222 e. The van der Waals surface area contributed by atoms with Gasteiger partial charge in [0.25, 0.3) is 0 Å². The van der Waals surface area contributed by atoms with Gasteiger partial charge in [0, 0.05) is 23.9 Å². The van der Waals surface area contributed by atoms with Crippen LogP contribution in [0.4, 0.5) is 11.8 Å². The molecule has 2 heterocycles. The van der Waals surface area contributed by atoms with Crippen molar-refractivity contribution >= 4 is 28.6 Å². The minimum Gasteiger partial charge on any atom is -0.496 e. The van der Waals surface area contributed by atoms with E-state index in [9.17, 15) is 0 Å². The number of hydrogen-bond acceptors (Lipinski definition) is 7. The number of anilines is 2. The summed E-state index contributed by atoms with van der Waals surface area (Å²) in [6.07, 6.45) is 5.34. The number of unbranched alkanes of at least 4 members (excludes halogenated alkanes) is 2. The standard InChI is InChI=1S/C20H28N8O/c1-3-4-5-9-24-19-17-15(25-20(22)26-19)8-10-28(17)12-14-11-13(18(21)27-23)6-7-16(14)29-2/h6-8,10-11H,3-5,9,12,23H2,1-2H3,(H2,21,27)(H3,22,24,25,26). The summed E-state index contributed by atoms with van der Waals surface area (Å²) < 4.78 is 7.59. The number of ether oxygens (including phenoxy) is 1. The summed E-state index contributed by atoms with van der Waals surface area (Å²) in [4.78, 5) is 8.79. The Labute approximate surface area is 169 Å². The summed E-state index contributed by atoms with van der Waals surface area (Å²) in [7, 11) is 1.64. The predicted octanol–water partition coefficient (Wildman–Crippen LogP) is 2.25. The zero-order chi connectivity index (χ0) is 20.8. The third-order valence-electron chi connectivity index (χ3n) is 4.76. The van der Waals surface area contributed by atoms with Crippen LogP contribution in [0.1, 0.15) is 37.3 Å². The van der Waals surface area contributed by atoms with Gasteiger partial charge in [0.2, 0.25) is 5.95 Å². The second kappa shape index (κ2) is 9.13. The molecule has 7 N–H and O–H groups in total. The van der Waals surface area contributed by atoms with Gasteiger partial charge in [0.15, 0.2) is 5.82 Å². The van der Waals surface area contributed by atoms with E-state index in [0.29, 0.717) is 6.54 Å². The fourth-order valence-electron chi connectivity index (χ4n) is 3.28. The number of amidine groups is 1. The van der Waals surface area contributed by atoms with E-state index in [1.54, 1.807) is 7.11 Å². The molecule has 0 fully saturated rings. The molecular weight excluding hydrogens is 368 g/mol. The fraction of sp³-hybridized carbons (Fsp3) is 0.350. The van der Waals surface area contributed by atoms with Gasteiger partial charge < -0.3 is 31.9 Å². The summed E-state index contributed by atoms with van der Waals surface area (Å²) in [5, 5.41) is 6.98. The van der Waals surface area contributed by atoms with Gasteiger partial charge in [-0.25, -0.2) is 4.98 Å². The molecule has 9 nitrogen and oxygen atoms in total. The van der Waals surface area contributed by atoms with Gasteiger partial charge in [-0.3, -0.25) is 0 Å². The Hall–Kier alpha value is -3.49. The molecular formula is C20H28N8O. The highest BCUT2D eigenvalue weighted by Crippen LogP contribution is 2.27. The van der Waals surface area contributed by atoms with E-state index in [2.05, 4.69) is 31.9 Å². The number of methoxy groups -OCH3 is 1. The average Bonchev–Trinajstić information content (AvgIpc) is 3.12. The van der Waals surface area contributed by atoms with Gasteiger partial charge in [-0.1, -0.05) is 19.8 Å². The van der Waals surface area contributed by atoms with Gasteiger partial charge in [-0.2, -0.15) is 10.1 Å². The topological polar surface area (TPSA) is 142 Å². The zero-order valence-corrected chi connectivity index (χ0v) is 16.9. The van der Waals surface area contributed by atoms with E-state index in [1.807, 2.05) is 30.5 Å². The molecule has 0 unspecified atom stereocenters. The number of nitrogens with zero attached hydrogens (tertiary/aromatic N) is 4. The minimum atomic E-state index is 0.250. The molecule has 1 aromatic carbocycles. The zero-order valence-electron chi connectivity index (χ0n) is 16.9. The van der Waals surface area contributed by atoms with Crippen molar-refractivity contribution in [3.8, 4) is 5.75 Å². The third-order valence-corrected chi connectivity index (χ3v) is 4.76. The quantitative estimate of drug-likeness (QED) is 0.143. The number of rotatable bonds is 9. The molecule has 0 bridgehead atoms. The molecule has 3 aromatic rings. The van der Waals surface area contributed by atoms with Gasteiger partial charge in [-0.05, 0) is 30.7 Å². The van der Waals surface area contributed by atoms with Crippen molar-refractivity contribution in [3.05, 3.63) is 41.6 Å². The Balaban J connectivity index is 1.98. The lowest BCUT2D eigenvalue weighted by Crippen LogP contribution is -2.16. The predicted molar refractivity (Wildman–Crippen MR) is 117 cm³/mol. The molecule has 0 spiro atoms. The second-order valence-electron chi connectivity index (χ2n) is 6.78. The van der Waals surface area contributed by atoms with Crippen LogP contribution in [0.25, 0.3) is 11.0 Å². The number of fused-ring (bicyclic) bond motifs is 1. The molecule has 0 aliphatic carbocycles. The highest BCUT2D eigenvalue weighted by molar-refractivity contribution is 5.97. The molecule has 0 saturated carbocycles. The maximum atomic E-state index is 5.90. The molecule has 9 heteroatoms. The summed E-state index contributed by atoms with van der Waals surface area (Å²) in [5.74, 6) is 7.31. The number of aromatic nitrogens is 3. The molecule has 0 aliphatic rings. The van der Waals surface area contributed by atoms with Crippen LogP contribution in [-0.4, -0.2) is 34.0 Å². The van der Waals surface area contributed by atoms with Gasteiger partial charge in [0.05, 0.1) is 19.2 Å². The molecule has 0 atom stereocenters. The van der Waals surface area contributed by atoms with Crippen molar-refractivity contribution < 1.29 is 4.74 Å². The molecule has 3 rings (SSSR count). The van der Waals surface area contributed by atoms with Crippen LogP contribution >= 0.6 is 0 Å². The minimum absolute atomic E-state index is 0.250. The van der Waals surface area contributed by atoms with Gasteiger partial charge >= 0.3 is 0 Å². The Morgan fingerprint density at radius 1 is 1.24 bits per heavy atom. The maximum Gasteiger partial charge on any atom is 0.222 e. The molecule has 2 aromatic heterocycles. The number of hydrazone groups is 1. The van der Waals surface area contributed by atoms with Crippen LogP contribution in [0.2, 0.25) is 0 Å². The Morgan fingerprint density at radius 2 is 2.07 bits per heavy atom. The van der Waals surface area contributed by atoms with E-state index in [0.717, 1.165) is 59.5 Å². The van der Waals surface area contributed by atoms with E-state index >= 15 is 0 Å². The highest BCUT2D eigenvalue weighted by Gasteiger charge is 2.14. The van der Waals surface area contributed by atoms with Crippen LogP contribution in [0.5, 0.6) is 5.75 Å². The Bertz CT molecular complexity index is 1010. The van der Waals surface area contributed by atoms with Crippen molar-refractivity contribution in [2.24, 2.45) is 16.7 Å². The van der Waals surface area contributed by atoms with E-state index in [1.165, 1.54) is 0 Å². The van der Waals surface area contributed by atoms with Gasteiger partial charge in [-0.15, -0.1) is 0 Å². The van der Waals surface area contributed by atoms with Crippen molar-refractivity contribution in [2.45, 2.75) is 32.7 Å². The first-order chi connectivity index (χ1) is 14.1. The van der Waals surface area contributed by atoms with E-state index in [4.69, 9.17) is 22.0 Å². The number of hydrogen-bond donors (Lipinski definition) is 4. The molecule has 0 radical (unpaired) electrons. The first-order valence-corrected chi connectivity index (χ1v) is 9.64. The maximum absolute atomic E-state index is 5.90. The van der Waals surface area contributed by atoms with Crippen LogP contribution in [0, 0.1) is 0 Å². The largest absolute Gasteiger partial charge is 0.496 e. The first kappa shape index (κ1) is 20.2. The lowest BCUT2D eigenvalue weighted by Gasteiger charge is -2.14. The summed E-state index contributed by atoms with van der Waals surface area (Å²) >= 11 is 0. The van der Waals surface area contributed by atoms with Crippen LogP contribution in [0.15, 0.2) is 35.6 Å². The fourth-order valence-corrected chi connectivity index (χ4v) is 3.28. The summed E-state index contributed by atoms with van der Waals surface area (Å²) in [6, 6.07) is 7.53. The lowest BCUT2D eigenvalue weighted by molar-refractivity contribution is 0.408. The Morgan fingerprint density at radius 3 is 2.79 bits per heavy atom. The molecule has 0 saturated heterocycles. The first-order valence-electron chi connectivity index (χ1n) is 9.64. The number of nitrogens with one attached hydrogen (secondary N) is 1. The highest BCUT2D eigenvalue weighted by atomic mass is 16.5. The van der Waals surface area contributed by atoms with Crippen LogP contribution in [0.3, 0.4) is 0 Å².